The number of aryl methyl sites for hydroxylation is 1. The molecule has 0 radical (unpaired) electrons. The van der Waals surface area contributed by atoms with E-state index >= 15 is 0 Å². The van der Waals surface area contributed by atoms with Crippen LogP contribution in [0.5, 0.6) is 0 Å². The molecule has 0 saturated carbocycles. The molecule has 94 valence electrons. The van der Waals surface area contributed by atoms with Gasteiger partial charge in [0.1, 0.15) is 10.7 Å². The summed E-state index contributed by atoms with van der Waals surface area (Å²) in [6.07, 6.45) is 0. The number of hydrogen-bond acceptors (Lipinski definition) is 4. The molecule has 1 aromatic heterocycles. The van der Waals surface area contributed by atoms with E-state index in [1.807, 2.05) is 31.2 Å². The van der Waals surface area contributed by atoms with Crippen LogP contribution in [0.25, 0.3) is 0 Å². The van der Waals surface area contributed by atoms with Crippen LogP contribution < -0.4 is 17.0 Å². The molecule has 0 saturated heterocycles. The van der Waals surface area contributed by atoms with Crippen molar-refractivity contribution >= 4 is 17.6 Å². The highest BCUT2D eigenvalue weighted by Gasteiger charge is 2.11. The second-order valence-electron chi connectivity index (χ2n) is 3.95. The summed E-state index contributed by atoms with van der Waals surface area (Å²) in [6.45, 7) is 1.99. The molecule has 2 aromatic rings. The Kier molecular flexibility index (Phi) is 3.29. The highest BCUT2D eigenvalue weighted by molar-refractivity contribution is 7.99. The molecule has 0 aliphatic carbocycles. The second kappa shape index (κ2) is 4.73. The zero-order valence-corrected chi connectivity index (χ0v) is 10.9. The monoisotopic (exact) mass is 263 g/mol. The van der Waals surface area contributed by atoms with Gasteiger partial charge in [-0.3, -0.25) is 14.3 Å². The van der Waals surface area contributed by atoms with E-state index < -0.39 is 11.2 Å². The van der Waals surface area contributed by atoms with E-state index in [4.69, 9.17) is 5.73 Å². The summed E-state index contributed by atoms with van der Waals surface area (Å²) in [5.41, 5.74) is 5.96. The summed E-state index contributed by atoms with van der Waals surface area (Å²) in [5, 5.41) is 0. The van der Waals surface area contributed by atoms with Crippen molar-refractivity contribution in [2.75, 3.05) is 5.73 Å². The van der Waals surface area contributed by atoms with E-state index in [-0.39, 0.29) is 5.82 Å². The Labute approximate surface area is 108 Å². The largest absolute Gasteiger partial charge is 0.384 e. The fourth-order valence-electron chi connectivity index (χ4n) is 1.44. The van der Waals surface area contributed by atoms with Crippen LogP contribution in [0.1, 0.15) is 5.56 Å². The van der Waals surface area contributed by atoms with Gasteiger partial charge in [0.25, 0.3) is 5.56 Å². The third-order valence-corrected chi connectivity index (χ3v) is 3.67. The van der Waals surface area contributed by atoms with Gasteiger partial charge in [0.05, 0.1) is 0 Å². The molecule has 2 rings (SSSR count). The first-order chi connectivity index (χ1) is 8.49. The summed E-state index contributed by atoms with van der Waals surface area (Å²) in [5.74, 6) is 0.175. The SMILES string of the molecule is Cc1ccc(Sc2c(N)n(C)c(=O)[nH]c2=O)cc1. The first-order valence-electron chi connectivity index (χ1n) is 5.32. The Morgan fingerprint density at radius 1 is 1.22 bits per heavy atom. The van der Waals surface area contributed by atoms with E-state index in [0.29, 0.717) is 4.90 Å². The molecule has 0 amide bonds. The van der Waals surface area contributed by atoms with Crippen molar-refractivity contribution in [1.29, 1.82) is 0 Å². The molecule has 6 heteroatoms. The Balaban J connectivity index is 2.47. The van der Waals surface area contributed by atoms with Crippen molar-refractivity contribution in [2.45, 2.75) is 16.7 Å². The highest BCUT2D eigenvalue weighted by atomic mass is 32.2. The molecule has 0 atom stereocenters. The third-order valence-electron chi connectivity index (χ3n) is 2.57. The zero-order valence-electron chi connectivity index (χ0n) is 10.1. The number of nitrogens with two attached hydrogens (primary N) is 1. The molecule has 3 N–H and O–H groups in total. The van der Waals surface area contributed by atoms with E-state index in [2.05, 4.69) is 4.98 Å². The molecule has 0 bridgehead atoms. The van der Waals surface area contributed by atoms with E-state index in [0.717, 1.165) is 10.5 Å². The summed E-state index contributed by atoms with van der Waals surface area (Å²) >= 11 is 1.24. The number of hydrogen-bond donors (Lipinski definition) is 2. The standard InChI is InChI=1S/C12H13N3O2S/c1-7-3-5-8(6-4-7)18-9-10(13)15(2)12(17)14-11(9)16/h3-6H,13H2,1-2H3,(H,14,16,17). The molecule has 0 aliphatic rings. The van der Waals surface area contributed by atoms with E-state index in [1.165, 1.54) is 23.4 Å². The van der Waals surface area contributed by atoms with Crippen LogP contribution in [-0.4, -0.2) is 9.55 Å². The number of anilines is 1. The van der Waals surface area contributed by atoms with Crippen molar-refractivity contribution in [1.82, 2.24) is 9.55 Å². The molecular formula is C12H13N3O2S. The van der Waals surface area contributed by atoms with Crippen molar-refractivity contribution in [3.63, 3.8) is 0 Å². The van der Waals surface area contributed by atoms with Crippen LogP contribution >= 0.6 is 11.8 Å². The Hall–Kier alpha value is -1.95. The smallest absolute Gasteiger partial charge is 0.329 e. The number of rotatable bonds is 2. The normalized spacial score (nSPS) is 10.6. The quantitative estimate of drug-likeness (QED) is 0.850. The van der Waals surface area contributed by atoms with Gasteiger partial charge in [-0.15, -0.1) is 0 Å². The van der Waals surface area contributed by atoms with Crippen LogP contribution in [0, 0.1) is 6.92 Å². The first kappa shape index (κ1) is 12.5. The molecule has 0 unspecified atom stereocenters. The molecular weight excluding hydrogens is 250 g/mol. The number of aromatic nitrogens is 2. The number of benzene rings is 1. The molecule has 0 aliphatic heterocycles. The number of aromatic amines is 1. The molecule has 1 heterocycles. The Morgan fingerprint density at radius 2 is 1.83 bits per heavy atom. The minimum absolute atomic E-state index is 0.175. The first-order valence-corrected chi connectivity index (χ1v) is 6.14. The van der Waals surface area contributed by atoms with Gasteiger partial charge < -0.3 is 5.73 Å². The molecule has 1 aromatic carbocycles. The highest BCUT2D eigenvalue weighted by Crippen LogP contribution is 2.28. The maximum Gasteiger partial charge on any atom is 0.329 e. The summed E-state index contributed by atoms with van der Waals surface area (Å²) in [4.78, 5) is 26.5. The van der Waals surface area contributed by atoms with Crippen LogP contribution in [0.4, 0.5) is 5.82 Å². The average Bonchev–Trinajstić information content (AvgIpc) is 2.34. The van der Waals surface area contributed by atoms with Crippen molar-refractivity contribution in [2.24, 2.45) is 7.05 Å². The van der Waals surface area contributed by atoms with Gasteiger partial charge in [-0.2, -0.15) is 0 Å². The van der Waals surface area contributed by atoms with Gasteiger partial charge in [0.2, 0.25) is 0 Å². The van der Waals surface area contributed by atoms with Crippen molar-refractivity contribution in [3.8, 4) is 0 Å². The maximum absolute atomic E-state index is 11.7. The fraction of sp³-hybridized carbons (Fsp3) is 0.167. The minimum Gasteiger partial charge on any atom is -0.384 e. The lowest BCUT2D eigenvalue weighted by atomic mass is 10.2. The Bertz CT molecular complexity index is 686. The second-order valence-corrected chi connectivity index (χ2v) is 5.03. The van der Waals surface area contributed by atoms with Crippen LogP contribution in [0.15, 0.2) is 43.6 Å². The Morgan fingerprint density at radius 3 is 2.44 bits per heavy atom. The van der Waals surface area contributed by atoms with Crippen LogP contribution in [0.3, 0.4) is 0 Å². The van der Waals surface area contributed by atoms with Gasteiger partial charge in [-0.05, 0) is 19.1 Å². The van der Waals surface area contributed by atoms with Gasteiger partial charge in [-0.25, -0.2) is 4.79 Å². The lowest BCUT2D eigenvalue weighted by Gasteiger charge is -2.08. The maximum atomic E-state index is 11.7. The van der Waals surface area contributed by atoms with Gasteiger partial charge in [0.15, 0.2) is 0 Å². The summed E-state index contributed by atoms with van der Waals surface area (Å²) in [6, 6.07) is 7.72. The average molecular weight is 263 g/mol. The van der Waals surface area contributed by atoms with Crippen LogP contribution in [-0.2, 0) is 7.05 Å². The van der Waals surface area contributed by atoms with Crippen LogP contribution in [0.2, 0.25) is 0 Å². The lowest BCUT2D eigenvalue weighted by molar-refractivity contribution is 0.788. The van der Waals surface area contributed by atoms with Gasteiger partial charge >= 0.3 is 5.69 Å². The van der Waals surface area contributed by atoms with Crippen molar-refractivity contribution in [3.05, 3.63) is 50.7 Å². The molecule has 18 heavy (non-hydrogen) atoms. The van der Waals surface area contributed by atoms with Gasteiger partial charge in [0, 0.05) is 11.9 Å². The molecule has 5 nitrogen and oxygen atoms in total. The van der Waals surface area contributed by atoms with E-state index in [1.54, 1.807) is 0 Å². The van der Waals surface area contributed by atoms with Crippen molar-refractivity contribution < 1.29 is 0 Å². The lowest BCUT2D eigenvalue weighted by Crippen LogP contribution is -2.31. The predicted molar refractivity (Wildman–Crippen MR) is 72.0 cm³/mol. The minimum atomic E-state index is -0.509. The summed E-state index contributed by atoms with van der Waals surface area (Å²) in [7, 11) is 1.52. The van der Waals surface area contributed by atoms with Gasteiger partial charge in [-0.1, -0.05) is 29.5 Å². The number of nitrogen functional groups attached to an aromatic ring is 1. The molecule has 0 spiro atoms. The summed E-state index contributed by atoms with van der Waals surface area (Å²) < 4.78 is 1.22. The van der Waals surface area contributed by atoms with E-state index in [9.17, 15) is 9.59 Å². The zero-order chi connectivity index (χ0) is 13.3. The number of H-pyrrole nitrogens is 1. The number of nitrogens with zero attached hydrogens (tertiary/aromatic N) is 1. The fourth-order valence-corrected chi connectivity index (χ4v) is 2.33. The third kappa shape index (κ3) is 2.33. The topological polar surface area (TPSA) is 80.9 Å². The number of nitrogens with one attached hydrogen (secondary N) is 1. The molecule has 0 fully saturated rings. The predicted octanol–water partition coefficient (Wildman–Crippen LogP) is 1.12.